The molecular weight excluding hydrogens is 188 g/mol. The molecule has 0 spiro atoms. The van der Waals surface area contributed by atoms with Crippen molar-refractivity contribution in [1.29, 1.82) is 0 Å². The molecular formula is C8H10N2O2S. The van der Waals surface area contributed by atoms with E-state index in [1.54, 1.807) is 18.7 Å². The molecule has 1 aromatic heterocycles. The highest BCUT2D eigenvalue weighted by Crippen LogP contribution is 2.06. The number of hydrogen-bond acceptors (Lipinski definition) is 4. The van der Waals surface area contributed by atoms with Crippen LogP contribution < -0.4 is 0 Å². The lowest BCUT2D eigenvalue weighted by Crippen LogP contribution is -2.05. The Kier molecular flexibility index (Phi) is 3.25. The summed E-state index contributed by atoms with van der Waals surface area (Å²) in [6.07, 6.45) is 1.92. The van der Waals surface area contributed by atoms with Crippen LogP contribution in [0.1, 0.15) is 22.0 Å². The molecule has 0 unspecified atom stereocenters. The van der Waals surface area contributed by atoms with Gasteiger partial charge in [-0.2, -0.15) is 11.8 Å². The maximum absolute atomic E-state index is 10.6. The molecule has 0 saturated carbocycles. The van der Waals surface area contributed by atoms with E-state index in [4.69, 9.17) is 5.11 Å². The molecule has 70 valence electrons. The van der Waals surface area contributed by atoms with Crippen LogP contribution >= 0.6 is 11.8 Å². The molecule has 1 N–H and O–H groups in total. The number of aromatic carboxylic acids is 1. The summed E-state index contributed by atoms with van der Waals surface area (Å²) in [6, 6.07) is 1.46. The Morgan fingerprint density at radius 3 is 2.85 bits per heavy atom. The lowest BCUT2D eigenvalue weighted by Gasteiger charge is -2.00. The number of aromatic nitrogens is 2. The van der Waals surface area contributed by atoms with Crippen molar-refractivity contribution < 1.29 is 9.90 Å². The third kappa shape index (κ3) is 2.69. The number of rotatable bonds is 3. The van der Waals surface area contributed by atoms with Gasteiger partial charge in [0.15, 0.2) is 5.69 Å². The first-order chi connectivity index (χ1) is 6.13. The minimum absolute atomic E-state index is 0.0663. The first kappa shape index (κ1) is 9.98. The van der Waals surface area contributed by atoms with Crippen LogP contribution in [-0.2, 0) is 5.75 Å². The van der Waals surface area contributed by atoms with Crippen LogP contribution in [-0.4, -0.2) is 27.3 Å². The van der Waals surface area contributed by atoms with Crippen molar-refractivity contribution in [2.75, 3.05) is 6.26 Å². The number of hydrogen-bond donors (Lipinski definition) is 1. The van der Waals surface area contributed by atoms with Crippen molar-refractivity contribution in [2.45, 2.75) is 12.7 Å². The number of carboxylic acids is 1. The van der Waals surface area contributed by atoms with Gasteiger partial charge in [-0.3, -0.25) is 0 Å². The van der Waals surface area contributed by atoms with E-state index in [1.807, 2.05) is 6.26 Å². The number of aryl methyl sites for hydroxylation is 1. The summed E-state index contributed by atoms with van der Waals surface area (Å²) in [7, 11) is 0. The highest BCUT2D eigenvalue weighted by Gasteiger charge is 2.07. The molecule has 1 rings (SSSR count). The van der Waals surface area contributed by atoms with E-state index in [0.29, 0.717) is 17.3 Å². The monoisotopic (exact) mass is 198 g/mol. The Morgan fingerprint density at radius 2 is 2.31 bits per heavy atom. The second-order valence-corrected chi connectivity index (χ2v) is 3.41. The fraction of sp³-hybridized carbons (Fsp3) is 0.375. The van der Waals surface area contributed by atoms with Crippen LogP contribution in [0.3, 0.4) is 0 Å². The van der Waals surface area contributed by atoms with E-state index in [2.05, 4.69) is 9.97 Å². The van der Waals surface area contributed by atoms with Gasteiger partial charge in [0.2, 0.25) is 0 Å². The Balaban J connectivity index is 3.03. The van der Waals surface area contributed by atoms with Gasteiger partial charge in [-0.25, -0.2) is 14.8 Å². The average molecular weight is 198 g/mol. The van der Waals surface area contributed by atoms with E-state index >= 15 is 0 Å². The van der Waals surface area contributed by atoms with Gasteiger partial charge in [-0.05, 0) is 19.2 Å². The van der Waals surface area contributed by atoms with E-state index < -0.39 is 5.97 Å². The van der Waals surface area contributed by atoms with Crippen LogP contribution in [0, 0.1) is 6.92 Å². The first-order valence-corrected chi connectivity index (χ1v) is 5.09. The molecule has 1 heterocycles. The van der Waals surface area contributed by atoms with E-state index in [0.717, 1.165) is 0 Å². The Labute approximate surface area is 80.4 Å². The molecule has 1 aromatic rings. The Hall–Kier alpha value is -1.10. The van der Waals surface area contributed by atoms with Crippen molar-refractivity contribution in [2.24, 2.45) is 0 Å². The zero-order valence-electron chi connectivity index (χ0n) is 7.44. The first-order valence-electron chi connectivity index (χ1n) is 3.70. The number of thioether (sulfide) groups is 1. The van der Waals surface area contributed by atoms with E-state index in [9.17, 15) is 4.79 Å². The molecule has 0 saturated heterocycles. The highest BCUT2D eigenvalue weighted by atomic mass is 32.2. The summed E-state index contributed by atoms with van der Waals surface area (Å²) in [6.45, 7) is 1.76. The summed E-state index contributed by atoms with van der Waals surface area (Å²) < 4.78 is 0. The quantitative estimate of drug-likeness (QED) is 0.794. The molecule has 0 atom stereocenters. The fourth-order valence-corrected chi connectivity index (χ4v) is 1.32. The lowest BCUT2D eigenvalue weighted by atomic mass is 10.3. The van der Waals surface area contributed by atoms with E-state index in [-0.39, 0.29) is 5.69 Å². The van der Waals surface area contributed by atoms with Crippen molar-refractivity contribution in [3.8, 4) is 0 Å². The van der Waals surface area contributed by atoms with Gasteiger partial charge in [-0.1, -0.05) is 0 Å². The van der Waals surface area contributed by atoms with Gasteiger partial charge in [0.25, 0.3) is 0 Å². The van der Waals surface area contributed by atoms with Crippen LogP contribution in [0.15, 0.2) is 6.07 Å². The summed E-state index contributed by atoms with van der Waals surface area (Å²) in [4.78, 5) is 18.6. The minimum atomic E-state index is -1.01. The van der Waals surface area contributed by atoms with Crippen molar-refractivity contribution >= 4 is 17.7 Å². The van der Waals surface area contributed by atoms with E-state index in [1.165, 1.54) is 6.07 Å². The fourth-order valence-electron chi connectivity index (χ4n) is 0.933. The molecule has 0 amide bonds. The largest absolute Gasteiger partial charge is 0.477 e. The summed E-state index contributed by atoms with van der Waals surface area (Å²) in [5, 5.41) is 8.70. The SMILES string of the molecule is CSCc1nc(C)cc(C(=O)O)n1. The van der Waals surface area contributed by atoms with Gasteiger partial charge in [0.05, 0.1) is 5.75 Å². The second-order valence-electron chi connectivity index (χ2n) is 2.55. The molecule has 13 heavy (non-hydrogen) atoms. The minimum Gasteiger partial charge on any atom is -0.477 e. The molecule has 0 aromatic carbocycles. The standard InChI is InChI=1S/C8H10N2O2S/c1-5-3-6(8(11)12)10-7(9-5)4-13-2/h3H,4H2,1-2H3,(H,11,12). The molecule has 0 fully saturated rings. The van der Waals surface area contributed by atoms with Crippen LogP contribution in [0.4, 0.5) is 0 Å². The average Bonchev–Trinajstić information content (AvgIpc) is 2.03. The zero-order valence-corrected chi connectivity index (χ0v) is 8.26. The molecule has 0 aliphatic heterocycles. The third-order valence-electron chi connectivity index (χ3n) is 1.39. The maximum atomic E-state index is 10.6. The maximum Gasteiger partial charge on any atom is 0.354 e. The number of carboxylic acid groups (broad SMARTS) is 1. The lowest BCUT2D eigenvalue weighted by molar-refractivity contribution is 0.0690. The van der Waals surface area contributed by atoms with Crippen LogP contribution in [0.5, 0.6) is 0 Å². The topological polar surface area (TPSA) is 63.1 Å². The second kappa shape index (κ2) is 4.23. The van der Waals surface area contributed by atoms with Crippen molar-refractivity contribution in [1.82, 2.24) is 9.97 Å². The molecule has 0 aliphatic rings. The molecule has 0 radical (unpaired) electrons. The molecule has 0 aliphatic carbocycles. The smallest absolute Gasteiger partial charge is 0.354 e. The Morgan fingerprint density at radius 1 is 1.62 bits per heavy atom. The van der Waals surface area contributed by atoms with Crippen LogP contribution in [0.2, 0.25) is 0 Å². The molecule has 4 nitrogen and oxygen atoms in total. The number of nitrogens with zero attached hydrogens (tertiary/aromatic N) is 2. The van der Waals surface area contributed by atoms with Gasteiger partial charge in [0, 0.05) is 5.69 Å². The summed E-state index contributed by atoms with van der Waals surface area (Å²) in [5.41, 5.74) is 0.757. The van der Waals surface area contributed by atoms with Gasteiger partial charge >= 0.3 is 5.97 Å². The zero-order chi connectivity index (χ0) is 9.84. The highest BCUT2D eigenvalue weighted by molar-refractivity contribution is 7.97. The predicted octanol–water partition coefficient (Wildman–Crippen LogP) is 1.35. The van der Waals surface area contributed by atoms with Gasteiger partial charge in [0.1, 0.15) is 5.82 Å². The van der Waals surface area contributed by atoms with Crippen LogP contribution in [0.25, 0.3) is 0 Å². The Bertz CT molecular complexity index is 328. The molecule has 0 bridgehead atoms. The van der Waals surface area contributed by atoms with Crippen molar-refractivity contribution in [3.63, 3.8) is 0 Å². The van der Waals surface area contributed by atoms with Gasteiger partial charge in [-0.15, -0.1) is 0 Å². The predicted molar refractivity (Wildman–Crippen MR) is 50.9 cm³/mol. The molecule has 5 heteroatoms. The summed E-state index contributed by atoms with van der Waals surface area (Å²) in [5.74, 6) is 0.208. The number of carbonyl (C=O) groups is 1. The van der Waals surface area contributed by atoms with Crippen molar-refractivity contribution in [3.05, 3.63) is 23.3 Å². The van der Waals surface area contributed by atoms with Gasteiger partial charge < -0.3 is 5.11 Å². The normalized spacial score (nSPS) is 10.0. The third-order valence-corrected chi connectivity index (χ3v) is 1.94. The summed E-state index contributed by atoms with van der Waals surface area (Å²) >= 11 is 1.57.